The highest BCUT2D eigenvalue weighted by molar-refractivity contribution is 6.00. The molecule has 1 aromatic heterocycles. The number of hydrogen-bond acceptors (Lipinski definition) is 6. The first-order chi connectivity index (χ1) is 10.2. The molecular weight excluding hydrogens is 272 g/mol. The Kier molecular flexibility index (Phi) is 3.63. The van der Waals surface area contributed by atoms with Crippen molar-refractivity contribution in [3.05, 3.63) is 41.2 Å². The van der Waals surface area contributed by atoms with Gasteiger partial charge in [-0.3, -0.25) is 10.2 Å². The van der Waals surface area contributed by atoms with E-state index in [0.29, 0.717) is 23.5 Å². The van der Waals surface area contributed by atoms with Gasteiger partial charge < -0.3 is 0 Å². The highest BCUT2D eigenvalue weighted by atomic mass is 16.7. The summed E-state index contributed by atoms with van der Waals surface area (Å²) >= 11 is 0. The predicted octanol–water partition coefficient (Wildman–Crippen LogP) is 2.67. The van der Waals surface area contributed by atoms with Crippen LogP contribution in [-0.4, -0.2) is 22.1 Å². The number of amides is 1. The fourth-order valence-corrected chi connectivity index (χ4v) is 2.09. The number of oxime groups is 1. The van der Waals surface area contributed by atoms with Crippen LogP contribution < -0.4 is 5.32 Å². The van der Waals surface area contributed by atoms with Gasteiger partial charge in [0.05, 0.1) is 0 Å². The molecule has 0 bridgehead atoms. The average molecular weight is 286 g/mol. The number of nitrogens with one attached hydrogen (secondary N) is 1. The van der Waals surface area contributed by atoms with Gasteiger partial charge in [-0.05, 0) is 43.5 Å². The number of aryl methyl sites for hydroxylation is 2. The number of carbonyl (C=O) groups excluding carboxylic acids is 1. The van der Waals surface area contributed by atoms with Crippen molar-refractivity contribution in [2.24, 2.45) is 5.16 Å². The SMILES string of the molecule is Cc1ccc(NC(=O)O/N=C2\CCCc3nonc32)cc1. The lowest BCUT2D eigenvalue weighted by Gasteiger charge is -2.09. The van der Waals surface area contributed by atoms with E-state index in [0.717, 1.165) is 24.1 Å². The van der Waals surface area contributed by atoms with Crippen molar-refractivity contribution in [3.8, 4) is 0 Å². The summed E-state index contributed by atoms with van der Waals surface area (Å²) in [6.45, 7) is 1.97. The van der Waals surface area contributed by atoms with Crippen molar-refractivity contribution in [1.29, 1.82) is 0 Å². The van der Waals surface area contributed by atoms with E-state index in [1.165, 1.54) is 0 Å². The lowest BCUT2D eigenvalue weighted by atomic mass is 9.99. The Morgan fingerprint density at radius 1 is 1.29 bits per heavy atom. The van der Waals surface area contributed by atoms with Gasteiger partial charge in [0.2, 0.25) is 0 Å². The first-order valence-corrected chi connectivity index (χ1v) is 6.66. The second kappa shape index (κ2) is 5.74. The van der Waals surface area contributed by atoms with Gasteiger partial charge >= 0.3 is 6.09 Å². The molecule has 0 atom stereocenters. The van der Waals surface area contributed by atoms with E-state index in [4.69, 9.17) is 4.84 Å². The fourth-order valence-electron chi connectivity index (χ4n) is 2.09. The maximum atomic E-state index is 11.7. The molecule has 0 aliphatic heterocycles. The number of anilines is 1. The second-order valence-corrected chi connectivity index (χ2v) is 4.82. The van der Waals surface area contributed by atoms with Crippen LogP contribution in [0.3, 0.4) is 0 Å². The van der Waals surface area contributed by atoms with Crippen LogP contribution >= 0.6 is 0 Å². The van der Waals surface area contributed by atoms with Gasteiger partial charge in [-0.1, -0.05) is 28.0 Å². The van der Waals surface area contributed by atoms with Crippen molar-refractivity contribution in [2.45, 2.75) is 26.2 Å². The predicted molar refractivity (Wildman–Crippen MR) is 75.1 cm³/mol. The Balaban J connectivity index is 1.64. The van der Waals surface area contributed by atoms with Crippen molar-refractivity contribution in [3.63, 3.8) is 0 Å². The minimum atomic E-state index is -0.644. The lowest BCUT2D eigenvalue weighted by molar-refractivity contribution is 0.166. The summed E-state index contributed by atoms with van der Waals surface area (Å²) in [6.07, 6.45) is 1.71. The summed E-state index contributed by atoms with van der Waals surface area (Å²) in [6, 6.07) is 7.39. The maximum Gasteiger partial charge on any atom is 0.437 e. The molecule has 0 radical (unpaired) electrons. The Morgan fingerprint density at radius 2 is 2.10 bits per heavy atom. The monoisotopic (exact) mass is 286 g/mol. The Bertz CT molecular complexity index is 676. The van der Waals surface area contributed by atoms with Gasteiger partial charge in [-0.15, -0.1) is 0 Å². The zero-order valence-electron chi connectivity index (χ0n) is 11.5. The van der Waals surface area contributed by atoms with Crippen molar-refractivity contribution >= 4 is 17.5 Å². The van der Waals surface area contributed by atoms with E-state index in [1.54, 1.807) is 12.1 Å². The molecule has 0 fully saturated rings. The molecular formula is C14H14N4O3. The van der Waals surface area contributed by atoms with E-state index in [2.05, 4.69) is 25.4 Å². The van der Waals surface area contributed by atoms with Crippen LogP contribution in [0.4, 0.5) is 10.5 Å². The quantitative estimate of drug-likeness (QED) is 0.677. The van der Waals surface area contributed by atoms with Crippen LogP contribution in [0.2, 0.25) is 0 Å². The molecule has 1 aliphatic carbocycles. The van der Waals surface area contributed by atoms with E-state index in [-0.39, 0.29) is 0 Å². The number of fused-ring (bicyclic) bond motifs is 1. The van der Waals surface area contributed by atoms with Crippen molar-refractivity contribution in [1.82, 2.24) is 10.3 Å². The molecule has 7 heteroatoms. The molecule has 7 nitrogen and oxygen atoms in total. The van der Waals surface area contributed by atoms with Gasteiger partial charge in [-0.25, -0.2) is 9.42 Å². The molecule has 1 aliphatic rings. The van der Waals surface area contributed by atoms with Crippen LogP contribution in [0.15, 0.2) is 34.1 Å². The van der Waals surface area contributed by atoms with Gasteiger partial charge in [0, 0.05) is 5.69 Å². The third-order valence-electron chi connectivity index (χ3n) is 3.19. The third-order valence-corrected chi connectivity index (χ3v) is 3.19. The number of hydrogen-bond donors (Lipinski definition) is 1. The lowest BCUT2D eigenvalue weighted by Crippen LogP contribution is -2.16. The summed E-state index contributed by atoms with van der Waals surface area (Å²) in [5.41, 5.74) is 3.67. The first kappa shape index (κ1) is 13.3. The number of carbonyl (C=O) groups is 1. The minimum Gasteiger partial charge on any atom is -0.297 e. The highest BCUT2D eigenvalue weighted by Gasteiger charge is 2.22. The van der Waals surface area contributed by atoms with Crippen LogP contribution in [0, 0.1) is 6.92 Å². The van der Waals surface area contributed by atoms with E-state index in [9.17, 15) is 4.79 Å². The summed E-state index contributed by atoms with van der Waals surface area (Å²) in [5, 5.41) is 14.0. The molecule has 1 heterocycles. The van der Waals surface area contributed by atoms with Crippen molar-refractivity contribution < 1.29 is 14.3 Å². The molecule has 1 aromatic carbocycles. The standard InChI is InChI=1S/C14H14N4O3/c1-9-5-7-10(8-6-9)15-14(19)20-16-11-3-2-4-12-13(11)18-21-17-12/h5-8H,2-4H2,1H3,(H,15,19)/b16-11+. The molecule has 108 valence electrons. The van der Waals surface area contributed by atoms with E-state index < -0.39 is 6.09 Å². The Hall–Kier alpha value is -2.70. The van der Waals surface area contributed by atoms with Crippen LogP contribution in [0.1, 0.15) is 29.8 Å². The topological polar surface area (TPSA) is 89.6 Å². The number of rotatable bonds is 2. The zero-order chi connectivity index (χ0) is 14.7. The Labute approximate surface area is 120 Å². The number of nitrogens with zero attached hydrogens (tertiary/aromatic N) is 3. The molecule has 0 spiro atoms. The summed E-state index contributed by atoms with van der Waals surface area (Å²) < 4.78 is 4.67. The zero-order valence-corrected chi connectivity index (χ0v) is 11.5. The molecule has 1 amide bonds. The summed E-state index contributed by atoms with van der Waals surface area (Å²) in [7, 11) is 0. The van der Waals surface area contributed by atoms with Gasteiger partial charge in [0.25, 0.3) is 0 Å². The highest BCUT2D eigenvalue weighted by Crippen LogP contribution is 2.18. The van der Waals surface area contributed by atoms with Gasteiger partial charge in [-0.2, -0.15) is 0 Å². The molecule has 0 saturated carbocycles. The van der Waals surface area contributed by atoms with Gasteiger partial charge in [0.1, 0.15) is 11.4 Å². The minimum absolute atomic E-state index is 0.574. The van der Waals surface area contributed by atoms with Gasteiger partial charge in [0.15, 0.2) is 5.69 Å². The molecule has 21 heavy (non-hydrogen) atoms. The smallest absolute Gasteiger partial charge is 0.297 e. The van der Waals surface area contributed by atoms with E-state index in [1.807, 2.05) is 19.1 Å². The molecule has 0 unspecified atom stereocenters. The van der Waals surface area contributed by atoms with Crippen LogP contribution in [0.25, 0.3) is 0 Å². The summed E-state index contributed by atoms with van der Waals surface area (Å²) in [4.78, 5) is 16.6. The largest absolute Gasteiger partial charge is 0.437 e. The molecule has 2 aromatic rings. The number of aromatic nitrogens is 2. The maximum absolute atomic E-state index is 11.7. The number of benzene rings is 1. The fraction of sp³-hybridized carbons (Fsp3) is 0.286. The second-order valence-electron chi connectivity index (χ2n) is 4.82. The molecule has 1 N–H and O–H groups in total. The summed E-state index contributed by atoms with van der Waals surface area (Å²) in [5.74, 6) is 0. The van der Waals surface area contributed by atoms with E-state index >= 15 is 0 Å². The molecule has 3 rings (SSSR count). The average Bonchev–Trinajstić information content (AvgIpc) is 2.96. The normalized spacial score (nSPS) is 15.6. The van der Waals surface area contributed by atoms with Crippen LogP contribution in [0.5, 0.6) is 0 Å². The van der Waals surface area contributed by atoms with Crippen molar-refractivity contribution in [2.75, 3.05) is 5.32 Å². The first-order valence-electron chi connectivity index (χ1n) is 6.66. The Morgan fingerprint density at radius 3 is 2.90 bits per heavy atom. The van der Waals surface area contributed by atoms with Crippen LogP contribution in [-0.2, 0) is 11.3 Å². The third kappa shape index (κ3) is 3.07. The molecule has 0 saturated heterocycles.